The lowest BCUT2D eigenvalue weighted by Crippen LogP contribution is -2.36. The van der Waals surface area contributed by atoms with Crippen LogP contribution < -0.4 is 10.2 Å². The van der Waals surface area contributed by atoms with Crippen molar-refractivity contribution in [3.8, 4) is 0 Å². The number of methoxy groups -OCH3 is 1. The van der Waals surface area contributed by atoms with Gasteiger partial charge in [0.05, 0.1) is 25.9 Å². The van der Waals surface area contributed by atoms with E-state index in [4.69, 9.17) is 9.47 Å². The molecule has 1 atom stereocenters. The van der Waals surface area contributed by atoms with E-state index in [1.165, 1.54) is 0 Å². The average molecular weight is 308 g/mol. The predicted molar refractivity (Wildman–Crippen MR) is 83.9 cm³/mol. The van der Waals surface area contributed by atoms with Gasteiger partial charge in [0.2, 0.25) is 5.91 Å². The van der Waals surface area contributed by atoms with Crippen molar-refractivity contribution in [2.24, 2.45) is 0 Å². The van der Waals surface area contributed by atoms with E-state index in [0.717, 1.165) is 37.6 Å². The first kappa shape index (κ1) is 16.7. The van der Waals surface area contributed by atoms with Gasteiger partial charge in [-0.1, -0.05) is 12.1 Å². The van der Waals surface area contributed by atoms with Crippen LogP contribution >= 0.6 is 0 Å². The molecule has 1 fully saturated rings. The number of aliphatic hydroxyl groups excluding tert-OH is 1. The third-order valence-corrected chi connectivity index (χ3v) is 3.68. The molecule has 0 aromatic heterocycles. The quantitative estimate of drug-likeness (QED) is 0.776. The molecule has 1 amide bonds. The minimum atomic E-state index is -0.703. The number of hydrogen-bond acceptors (Lipinski definition) is 5. The van der Waals surface area contributed by atoms with Gasteiger partial charge in [-0.05, 0) is 17.7 Å². The minimum Gasteiger partial charge on any atom is -0.387 e. The third kappa shape index (κ3) is 4.98. The Kier molecular flexibility index (Phi) is 6.64. The van der Waals surface area contributed by atoms with E-state index < -0.39 is 6.10 Å². The lowest BCUT2D eigenvalue weighted by atomic mass is 10.1. The number of anilines is 1. The van der Waals surface area contributed by atoms with Crippen molar-refractivity contribution in [1.29, 1.82) is 0 Å². The third-order valence-electron chi connectivity index (χ3n) is 3.68. The first-order valence-electron chi connectivity index (χ1n) is 7.57. The van der Waals surface area contributed by atoms with Crippen molar-refractivity contribution in [1.82, 2.24) is 5.32 Å². The van der Waals surface area contributed by atoms with E-state index in [0.29, 0.717) is 13.0 Å². The Morgan fingerprint density at radius 2 is 2.05 bits per heavy atom. The van der Waals surface area contributed by atoms with Crippen LogP contribution in [0.1, 0.15) is 18.1 Å². The van der Waals surface area contributed by atoms with Crippen LogP contribution in [0.15, 0.2) is 24.3 Å². The van der Waals surface area contributed by atoms with Crippen molar-refractivity contribution >= 4 is 11.6 Å². The number of carbonyl (C=O) groups excluding carboxylic acids is 1. The van der Waals surface area contributed by atoms with Crippen molar-refractivity contribution < 1.29 is 19.4 Å². The van der Waals surface area contributed by atoms with E-state index in [1.807, 2.05) is 24.3 Å². The van der Waals surface area contributed by atoms with Gasteiger partial charge in [0, 0.05) is 38.9 Å². The molecule has 0 aliphatic carbocycles. The van der Waals surface area contributed by atoms with Gasteiger partial charge < -0.3 is 24.8 Å². The fourth-order valence-corrected chi connectivity index (χ4v) is 2.34. The second-order valence-electron chi connectivity index (χ2n) is 5.25. The maximum atomic E-state index is 11.5. The average Bonchev–Trinajstić information content (AvgIpc) is 2.58. The van der Waals surface area contributed by atoms with Crippen LogP contribution in [0.5, 0.6) is 0 Å². The van der Waals surface area contributed by atoms with Gasteiger partial charge in [0.25, 0.3) is 0 Å². The van der Waals surface area contributed by atoms with Gasteiger partial charge in [-0.25, -0.2) is 0 Å². The second kappa shape index (κ2) is 8.73. The fraction of sp³-hybridized carbons (Fsp3) is 0.562. The summed E-state index contributed by atoms with van der Waals surface area (Å²) in [7, 11) is 1.55. The van der Waals surface area contributed by atoms with Crippen LogP contribution in [0.3, 0.4) is 0 Å². The minimum absolute atomic E-state index is 0.120. The Hall–Kier alpha value is -1.63. The zero-order chi connectivity index (χ0) is 15.8. The van der Waals surface area contributed by atoms with E-state index in [2.05, 4.69) is 10.2 Å². The summed E-state index contributed by atoms with van der Waals surface area (Å²) in [6.45, 7) is 3.86. The molecule has 1 aromatic carbocycles. The van der Waals surface area contributed by atoms with Crippen LogP contribution in [0.25, 0.3) is 0 Å². The van der Waals surface area contributed by atoms with Gasteiger partial charge >= 0.3 is 0 Å². The Labute approximate surface area is 131 Å². The molecule has 1 heterocycles. The molecule has 22 heavy (non-hydrogen) atoms. The summed E-state index contributed by atoms with van der Waals surface area (Å²) < 4.78 is 10.2. The SMILES string of the molecule is COCCC(=O)NCC(O)c1ccc(N2CCOCC2)cc1. The van der Waals surface area contributed by atoms with E-state index in [-0.39, 0.29) is 12.5 Å². The summed E-state index contributed by atoms with van der Waals surface area (Å²) in [6, 6.07) is 7.79. The maximum Gasteiger partial charge on any atom is 0.222 e. The van der Waals surface area contributed by atoms with Crippen molar-refractivity contribution in [3.05, 3.63) is 29.8 Å². The Morgan fingerprint density at radius 1 is 1.36 bits per heavy atom. The fourth-order valence-electron chi connectivity index (χ4n) is 2.34. The molecule has 1 aromatic rings. The summed E-state index contributed by atoms with van der Waals surface area (Å²) >= 11 is 0. The largest absolute Gasteiger partial charge is 0.387 e. The van der Waals surface area contributed by atoms with Crippen LogP contribution in [0.4, 0.5) is 5.69 Å². The zero-order valence-corrected chi connectivity index (χ0v) is 13.0. The van der Waals surface area contributed by atoms with Gasteiger partial charge in [-0.3, -0.25) is 4.79 Å². The maximum absolute atomic E-state index is 11.5. The molecular weight excluding hydrogens is 284 g/mol. The summed E-state index contributed by atoms with van der Waals surface area (Å²) in [6.07, 6.45) is -0.399. The highest BCUT2D eigenvalue weighted by molar-refractivity contribution is 5.76. The normalized spacial score (nSPS) is 16.4. The lowest BCUT2D eigenvalue weighted by Gasteiger charge is -2.29. The van der Waals surface area contributed by atoms with E-state index in [1.54, 1.807) is 7.11 Å². The summed E-state index contributed by atoms with van der Waals surface area (Å²) in [5, 5.41) is 12.8. The highest BCUT2D eigenvalue weighted by Crippen LogP contribution is 2.20. The Balaban J connectivity index is 1.82. The highest BCUT2D eigenvalue weighted by atomic mass is 16.5. The van der Waals surface area contributed by atoms with Crippen LogP contribution in [0.2, 0.25) is 0 Å². The number of hydrogen-bond donors (Lipinski definition) is 2. The van der Waals surface area contributed by atoms with E-state index >= 15 is 0 Å². The van der Waals surface area contributed by atoms with Crippen LogP contribution in [0, 0.1) is 0 Å². The Bertz CT molecular complexity index is 458. The molecule has 2 rings (SSSR count). The number of nitrogens with one attached hydrogen (secondary N) is 1. The first-order chi connectivity index (χ1) is 10.7. The van der Waals surface area contributed by atoms with E-state index in [9.17, 15) is 9.90 Å². The van der Waals surface area contributed by atoms with Gasteiger partial charge in [-0.15, -0.1) is 0 Å². The lowest BCUT2D eigenvalue weighted by molar-refractivity contribution is -0.122. The molecule has 6 nitrogen and oxygen atoms in total. The number of amides is 1. The van der Waals surface area contributed by atoms with Crippen molar-refractivity contribution in [2.45, 2.75) is 12.5 Å². The number of morpholine rings is 1. The molecule has 1 unspecified atom stereocenters. The molecule has 1 saturated heterocycles. The molecule has 1 aliphatic heterocycles. The number of aliphatic hydroxyl groups is 1. The smallest absolute Gasteiger partial charge is 0.222 e. The molecule has 1 aliphatic rings. The molecule has 6 heteroatoms. The summed E-state index contributed by atoms with van der Waals surface area (Å²) in [5.41, 5.74) is 1.92. The molecular formula is C16H24N2O4. The standard InChI is InChI=1S/C16H24N2O4/c1-21-9-6-16(20)17-12-15(19)13-2-4-14(5-3-13)18-7-10-22-11-8-18/h2-5,15,19H,6-12H2,1H3,(H,17,20). The number of ether oxygens (including phenoxy) is 2. The number of nitrogens with zero attached hydrogens (tertiary/aromatic N) is 1. The van der Waals surface area contributed by atoms with Gasteiger partial charge in [0.1, 0.15) is 0 Å². The summed E-state index contributed by atoms with van der Waals surface area (Å²) in [5.74, 6) is -0.120. The van der Waals surface area contributed by atoms with Crippen molar-refractivity contribution in [2.75, 3.05) is 51.5 Å². The molecule has 0 spiro atoms. The first-order valence-corrected chi connectivity index (χ1v) is 7.57. The predicted octanol–water partition coefficient (Wildman–Crippen LogP) is 0.709. The molecule has 0 bridgehead atoms. The molecule has 122 valence electrons. The van der Waals surface area contributed by atoms with Gasteiger partial charge in [0.15, 0.2) is 0 Å². The summed E-state index contributed by atoms with van der Waals surface area (Å²) in [4.78, 5) is 13.7. The van der Waals surface area contributed by atoms with Gasteiger partial charge in [-0.2, -0.15) is 0 Å². The van der Waals surface area contributed by atoms with Crippen LogP contribution in [-0.4, -0.2) is 57.6 Å². The number of benzene rings is 1. The zero-order valence-electron chi connectivity index (χ0n) is 13.0. The molecule has 0 radical (unpaired) electrons. The highest BCUT2D eigenvalue weighted by Gasteiger charge is 2.13. The molecule has 2 N–H and O–H groups in total. The topological polar surface area (TPSA) is 71.0 Å². The molecule has 0 saturated carbocycles. The Morgan fingerprint density at radius 3 is 2.68 bits per heavy atom. The second-order valence-corrected chi connectivity index (χ2v) is 5.25. The number of rotatable bonds is 7. The number of carbonyl (C=O) groups is 1. The monoisotopic (exact) mass is 308 g/mol. The van der Waals surface area contributed by atoms with Crippen LogP contribution in [-0.2, 0) is 14.3 Å². The van der Waals surface area contributed by atoms with Crippen molar-refractivity contribution in [3.63, 3.8) is 0 Å².